The van der Waals surface area contributed by atoms with Crippen LogP contribution in [0.3, 0.4) is 0 Å². The number of sulfone groups is 1. The lowest BCUT2D eigenvalue weighted by Gasteiger charge is -2.15. The number of fused-ring (bicyclic) bond motifs is 1. The lowest BCUT2D eigenvalue weighted by Crippen LogP contribution is -2.16. The number of halogens is 2. The van der Waals surface area contributed by atoms with E-state index in [1.807, 2.05) is 0 Å². The van der Waals surface area contributed by atoms with Crippen LogP contribution in [-0.4, -0.2) is 63.0 Å². The SMILES string of the molecule is COc1ccnc(Cn2c(S(=O)(=O)Cc3nccc(OC)c3OC)nc3cc(OC(F)F)ccc32)c1OC. The van der Waals surface area contributed by atoms with E-state index >= 15 is 0 Å². The van der Waals surface area contributed by atoms with Crippen molar-refractivity contribution < 1.29 is 40.9 Å². The Kier molecular flexibility index (Phi) is 7.80. The first-order chi connectivity index (χ1) is 18.2. The van der Waals surface area contributed by atoms with Gasteiger partial charge in [-0.05, 0) is 12.1 Å². The van der Waals surface area contributed by atoms with Crippen LogP contribution in [0.2, 0.25) is 0 Å². The second-order valence-electron chi connectivity index (χ2n) is 7.75. The van der Waals surface area contributed by atoms with Gasteiger partial charge in [-0.3, -0.25) is 9.97 Å². The van der Waals surface area contributed by atoms with Crippen molar-refractivity contribution in [3.05, 3.63) is 54.1 Å². The molecule has 0 unspecified atom stereocenters. The van der Waals surface area contributed by atoms with Gasteiger partial charge in [-0.15, -0.1) is 0 Å². The highest BCUT2D eigenvalue weighted by atomic mass is 32.2. The molecule has 0 saturated carbocycles. The number of hydrogen-bond acceptors (Lipinski definition) is 10. The van der Waals surface area contributed by atoms with Gasteiger partial charge in [-0.25, -0.2) is 13.4 Å². The quantitative estimate of drug-likeness (QED) is 0.274. The average molecular weight is 551 g/mol. The average Bonchev–Trinajstić information content (AvgIpc) is 3.26. The fourth-order valence-corrected chi connectivity index (χ4v) is 5.40. The Balaban J connectivity index is 1.88. The zero-order valence-corrected chi connectivity index (χ0v) is 21.7. The summed E-state index contributed by atoms with van der Waals surface area (Å²) in [6.07, 6.45) is 2.89. The third-order valence-electron chi connectivity index (χ3n) is 5.56. The highest BCUT2D eigenvalue weighted by Gasteiger charge is 2.29. The molecule has 0 fully saturated rings. The van der Waals surface area contributed by atoms with Gasteiger partial charge in [0.05, 0.1) is 46.0 Å². The summed E-state index contributed by atoms with van der Waals surface area (Å²) in [5.41, 5.74) is 0.911. The fraction of sp³-hybridized carbons (Fsp3) is 0.292. The number of alkyl halides is 2. The lowest BCUT2D eigenvalue weighted by atomic mass is 10.2. The number of pyridine rings is 2. The van der Waals surface area contributed by atoms with Gasteiger partial charge in [-0.1, -0.05) is 0 Å². The minimum absolute atomic E-state index is 0.0941. The molecular formula is C24H24F2N4O7S. The summed E-state index contributed by atoms with van der Waals surface area (Å²) in [6, 6.07) is 7.11. The number of aromatic nitrogens is 4. The highest BCUT2D eigenvalue weighted by Crippen LogP contribution is 2.34. The summed E-state index contributed by atoms with van der Waals surface area (Å²) < 4.78 is 80.3. The summed E-state index contributed by atoms with van der Waals surface area (Å²) in [5.74, 6) is 0.401. The Labute approximate surface area is 216 Å². The number of nitrogens with zero attached hydrogens (tertiary/aromatic N) is 4. The molecule has 1 aromatic carbocycles. The molecule has 4 aromatic rings. The van der Waals surface area contributed by atoms with E-state index in [1.54, 1.807) is 6.07 Å². The molecule has 0 spiro atoms. The largest absolute Gasteiger partial charge is 0.493 e. The standard InChI is InChI=1S/C24H24F2N4O7S/c1-33-19-7-9-27-16(21(19)35-3)12-30-18-6-5-14(37-23(25)26)11-15(18)29-24(30)38(31,32)13-17-22(36-4)20(34-2)8-10-28-17/h5-11,23H,12-13H2,1-4H3. The first-order valence-electron chi connectivity index (χ1n) is 11.0. The fourth-order valence-electron chi connectivity index (χ4n) is 3.96. The van der Waals surface area contributed by atoms with Crippen molar-refractivity contribution in [1.29, 1.82) is 0 Å². The van der Waals surface area contributed by atoms with Crippen molar-refractivity contribution in [2.75, 3.05) is 28.4 Å². The van der Waals surface area contributed by atoms with Crippen molar-refractivity contribution >= 4 is 20.9 Å². The number of methoxy groups -OCH3 is 4. The third-order valence-corrected chi connectivity index (χ3v) is 7.08. The normalized spacial score (nSPS) is 11.6. The molecule has 0 aliphatic heterocycles. The van der Waals surface area contributed by atoms with E-state index in [0.717, 1.165) is 0 Å². The highest BCUT2D eigenvalue weighted by molar-refractivity contribution is 7.90. The predicted molar refractivity (Wildman–Crippen MR) is 131 cm³/mol. The molecule has 0 aliphatic rings. The van der Waals surface area contributed by atoms with Crippen LogP contribution in [0.25, 0.3) is 11.0 Å². The van der Waals surface area contributed by atoms with Gasteiger partial charge in [-0.2, -0.15) is 8.78 Å². The number of imidazole rings is 1. The molecule has 38 heavy (non-hydrogen) atoms. The maximum atomic E-state index is 13.7. The lowest BCUT2D eigenvalue weighted by molar-refractivity contribution is -0.0497. The number of benzene rings is 1. The molecule has 0 N–H and O–H groups in total. The minimum atomic E-state index is -4.19. The monoisotopic (exact) mass is 550 g/mol. The van der Waals surface area contributed by atoms with Gasteiger partial charge >= 0.3 is 6.61 Å². The van der Waals surface area contributed by atoms with Crippen LogP contribution in [0, 0.1) is 0 Å². The third kappa shape index (κ3) is 5.25. The van der Waals surface area contributed by atoms with Crippen LogP contribution in [0.1, 0.15) is 11.4 Å². The van der Waals surface area contributed by atoms with Crippen molar-refractivity contribution in [3.63, 3.8) is 0 Å². The Bertz CT molecular complexity index is 1560. The maximum Gasteiger partial charge on any atom is 0.387 e. The Morgan fingerprint density at radius 1 is 0.868 bits per heavy atom. The Hall–Kier alpha value is -4.20. The van der Waals surface area contributed by atoms with E-state index in [4.69, 9.17) is 18.9 Å². The van der Waals surface area contributed by atoms with E-state index in [9.17, 15) is 17.2 Å². The van der Waals surface area contributed by atoms with Crippen LogP contribution in [0.5, 0.6) is 28.7 Å². The zero-order valence-electron chi connectivity index (χ0n) is 20.8. The van der Waals surface area contributed by atoms with Crippen molar-refractivity contribution in [2.24, 2.45) is 0 Å². The molecule has 14 heteroatoms. The van der Waals surface area contributed by atoms with E-state index in [1.165, 1.54) is 69.7 Å². The Morgan fingerprint density at radius 3 is 2.05 bits per heavy atom. The summed E-state index contributed by atoms with van der Waals surface area (Å²) >= 11 is 0. The van der Waals surface area contributed by atoms with E-state index in [0.29, 0.717) is 28.5 Å². The van der Waals surface area contributed by atoms with Gasteiger partial charge in [0.25, 0.3) is 0 Å². The first-order valence-corrected chi connectivity index (χ1v) is 12.7. The van der Waals surface area contributed by atoms with Crippen molar-refractivity contribution in [3.8, 4) is 28.7 Å². The van der Waals surface area contributed by atoms with Gasteiger partial charge in [0.15, 0.2) is 23.0 Å². The van der Waals surface area contributed by atoms with Gasteiger partial charge in [0.2, 0.25) is 15.0 Å². The molecule has 0 aliphatic carbocycles. The minimum Gasteiger partial charge on any atom is -0.493 e. The van der Waals surface area contributed by atoms with Gasteiger partial charge in [0, 0.05) is 30.6 Å². The smallest absolute Gasteiger partial charge is 0.387 e. The van der Waals surface area contributed by atoms with Crippen LogP contribution >= 0.6 is 0 Å². The van der Waals surface area contributed by atoms with Crippen LogP contribution in [0.15, 0.2) is 47.9 Å². The van der Waals surface area contributed by atoms with Crippen LogP contribution in [-0.2, 0) is 22.1 Å². The summed E-state index contributed by atoms with van der Waals surface area (Å²) in [7, 11) is 1.49. The summed E-state index contributed by atoms with van der Waals surface area (Å²) in [6.45, 7) is -3.15. The molecule has 0 atom stereocenters. The van der Waals surface area contributed by atoms with Crippen molar-refractivity contribution in [1.82, 2.24) is 19.5 Å². The Morgan fingerprint density at radius 2 is 1.47 bits per heavy atom. The zero-order chi connectivity index (χ0) is 27.4. The number of rotatable bonds is 11. The predicted octanol–water partition coefficient (Wildman–Crippen LogP) is 3.48. The molecule has 4 rings (SSSR count). The molecule has 11 nitrogen and oxygen atoms in total. The molecule has 0 amide bonds. The maximum absolute atomic E-state index is 13.7. The van der Waals surface area contributed by atoms with Crippen molar-refractivity contribution in [2.45, 2.75) is 24.1 Å². The van der Waals surface area contributed by atoms with E-state index < -0.39 is 22.2 Å². The molecule has 0 bridgehead atoms. The van der Waals surface area contributed by atoms with Gasteiger partial charge in [0.1, 0.15) is 22.9 Å². The molecule has 3 aromatic heterocycles. The molecule has 0 radical (unpaired) electrons. The number of hydrogen-bond donors (Lipinski definition) is 0. The van der Waals surface area contributed by atoms with E-state index in [2.05, 4.69) is 19.7 Å². The topological polar surface area (TPSA) is 124 Å². The molecule has 202 valence electrons. The number of ether oxygens (including phenoxy) is 5. The second kappa shape index (κ2) is 11.0. The molecule has 0 saturated heterocycles. The second-order valence-corrected chi connectivity index (χ2v) is 9.64. The molecule has 3 heterocycles. The van der Waals surface area contributed by atoms with Crippen LogP contribution in [0.4, 0.5) is 8.78 Å². The van der Waals surface area contributed by atoms with E-state index in [-0.39, 0.29) is 34.4 Å². The first kappa shape index (κ1) is 26.9. The summed E-state index contributed by atoms with van der Waals surface area (Å²) in [4.78, 5) is 12.8. The van der Waals surface area contributed by atoms with Crippen LogP contribution < -0.4 is 23.7 Å². The summed E-state index contributed by atoms with van der Waals surface area (Å²) in [5, 5.41) is -0.347. The molecular weight excluding hydrogens is 526 g/mol. The van der Waals surface area contributed by atoms with Gasteiger partial charge < -0.3 is 28.3 Å².